The smallest absolute Gasteiger partial charge is 0.0146 e. The van der Waals surface area contributed by atoms with Crippen molar-refractivity contribution in [2.45, 2.75) is 71.6 Å². The molecule has 0 bridgehead atoms. The molecule has 0 aliphatic carbocycles. The molecular weight excluding hydrogens is 276 g/mol. The molecule has 2 aromatic carbocycles. The minimum Gasteiger partial charge on any atom is -0.0617 e. The van der Waals surface area contributed by atoms with Crippen LogP contribution in [0.2, 0.25) is 0 Å². The Morgan fingerprint density at radius 2 is 0.783 bits per heavy atom. The van der Waals surface area contributed by atoms with Gasteiger partial charge >= 0.3 is 0 Å². The van der Waals surface area contributed by atoms with Gasteiger partial charge in [-0.3, -0.25) is 0 Å². The van der Waals surface area contributed by atoms with Crippen LogP contribution in [0.1, 0.15) is 77.6 Å². The van der Waals surface area contributed by atoms with Crippen molar-refractivity contribution in [1.82, 2.24) is 0 Å². The summed E-state index contributed by atoms with van der Waals surface area (Å²) in [4.78, 5) is 0. The van der Waals surface area contributed by atoms with E-state index in [4.69, 9.17) is 0 Å². The summed E-state index contributed by atoms with van der Waals surface area (Å²) in [5.74, 6) is 0. The first kappa shape index (κ1) is 17.8. The molecular formula is C23H32. The molecule has 0 spiro atoms. The van der Waals surface area contributed by atoms with Gasteiger partial charge in [-0.05, 0) is 33.1 Å². The van der Waals surface area contributed by atoms with Crippen LogP contribution in [0.5, 0.6) is 0 Å². The lowest BCUT2D eigenvalue weighted by atomic mass is 9.74. The second-order valence-electron chi connectivity index (χ2n) is 9.29. The summed E-state index contributed by atoms with van der Waals surface area (Å²) in [6, 6.07) is 18.2. The third-order valence-electron chi connectivity index (χ3n) is 4.90. The number of benzene rings is 2. The molecule has 2 rings (SSSR count). The van der Waals surface area contributed by atoms with Gasteiger partial charge in [0.25, 0.3) is 0 Å². The highest BCUT2D eigenvalue weighted by atomic mass is 14.3. The first-order valence-electron chi connectivity index (χ1n) is 8.64. The highest BCUT2D eigenvalue weighted by molar-refractivity contribution is 5.43. The van der Waals surface area contributed by atoms with Crippen molar-refractivity contribution in [1.29, 1.82) is 0 Å². The number of hydrogen-bond donors (Lipinski definition) is 0. The van der Waals surface area contributed by atoms with Gasteiger partial charge in [-0.15, -0.1) is 0 Å². The second-order valence-corrected chi connectivity index (χ2v) is 9.29. The highest BCUT2D eigenvalue weighted by Crippen LogP contribution is 2.35. The second kappa shape index (κ2) is 5.82. The predicted molar refractivity (Wildman–Crippen MR) is 102 cm³/mol. The Balaban J connectivity index is 2.51. The summed E-state index contributed by atoms with van der Waals surface area (Å²) in [6.45, 7) is 18.3. The molecule has 0 aliphatic heterocycles. The number of rotatable bonds is 2. The molecule has 0 N–H and O–H groups in total. The molecule has 0 atom stereocenters. The van der Waals surface area contributed by atoms with E-state index in [0.29, 0.717) is 0 Å². The van der Waals surface area contributed by atoms with Crippen LogP contribution >= 0.6 is 0 Å². The van der Waals surface area contributed by atoms with E-state index in [9.17, 15) is 0 Å². The van der Waals surface area contributed by atoms with E-state index in [2.05, 4.69) is 104 Å². The van der Waals surface area contributed by atoms with Crippen molar-refractivity contribution in [3.63, 3.8) is 0 Å². The molecule has 0 saturated carbocycles. The third-order valence-corrected chi connectivity index (χ3v) is 4.90. The zero-order valence-corrected chi connectivity index (χ0v) is 16.1. The molecule has 2 aromatic rings. The fourth-order valence-electron chi connectivity index (χ4n) is 2.92. The normalized spacial score (nSPS) is 13.2. The first-order valence-corrected chi connectivity index (χ1v) is 8.64. The van der Waals surface area contributed by atoms with Gasteiger partial charge in [-0.25, -0.2) is 0 Å². The lowest BCUT2D eigenvalue weighted by Crippen LogP contribution is -2.22. The van der Waals surface area contributed by atoms with Crippen molar-refractivity contribution >= 4 is 0 Å². The molecule has 0 aromatic heterocycles. The molecule has 0 aliphatic rings. The van der Waals surface area contributed by atoms with Crippen LogP contribution in [0.15, 0.2) is 48.5 Å². The van der Waals surface area contributed by atoms with Gasteiger partial charge in [0.1, 0.15) is 0 Å². The van der Waals surface area contributed by atoms with Gasteiger partial charge in [0.15, 0.2) is 0 Å². The van der Waals surface area contributed by atoms with E-state index in [-0.39, 0.29) is 16.2 Å². The maximum Gasteiger partial charge on any atom is 0.0146 e. The number of hydrogen-bond acceptors (Lipinski definition) is 0. The Morgan fingerprint density at radius 1 is 0.478 bits per heavy atom. The maximum atomic E-state index is 2.38. The van der Waals surface area contributed by atoms with E-state index in [0.717, 1.165) is 0 Å². The van der Waals surface area contributed by atoms with Crippen LogP contribution in [0.4, 0.5) is 0 Å². The van der Waals surface area contributed by atoms with Crippen molar-refractivity contribution in [2.24, 2.45) is 0 Å². The molecule has 23 heavy (non-hydrogen) atoms. The van der Waals surface area contributed by atoms with Crippen molar-refractivity contribution in [2.75, 3.05) is 0 Å². The largest absolute Gasteiger partial charge is 0.0617 e. The molecule has 0 unspecified atom stereocenters. The third kappa shape index (κ3) is 3.86. The van der Waals surface area contributed by atoms with Gasteiger partial charge in [0.2, 0.25) is 0 Å². The molecule has 0 nitrogen and oxygen atoms in total. The van der Waals surface area contributed by atoms with E-state index in [1.807, 2.05) is 0 Å². The van der Waals surface area contributed by atoms with Crippen LogP contribution in [0.25, 0.3) is 0 Å². The summed E-state index contributed by atoms with van der Waals surface area (Å²) < 4.78 is 0. The highest BCUT2D eigenvalue weighted by Gasteiger charge is 2.26. The first-order chi connectivity index (χ1) is 10.4. The van der Waals surface area contributed by atoms with Crippen molar-refractivity contribution < 1.29 is 0 Å². The average molecular weight is 309 g/mol. The lowest BCUT2D eigenvalue weighted by Gasteiger charge is -2.30. The Kier molecular flexibility index (Phi) is 4.50. The predicted octanol–water partition coefficient (Wildman–Crippen LogP) is 6.61. The molecule has 0 fully saturated rings. The Hall–Kier alpha value is -1.56. The van der Waals surface area contributed by atoms with Crippen molar-refractivity contribution in [3.05, 3.63) is 70.8 Å². The summed E-state index contributed by atoms with van der Waals surface area (Å²) in [6.07, 6.45) is 0. The van der Waals surface area contributed by atoms with Crippen LogP contribution in [0.3, 0.4) is 0 Å². The SMILES string of the molecule is CC(C)(C)c1cccc(C(C)(C)c2cccc(C(C)(C)C)c2)c1. The van der Waals surface area contributed by atoms with Gasteiger partial charge in [-0.1, -0.05) is 104 Å². The van der Waals surface area contributed by atoms with E-state index in [1.54, 1.807) is 0 Å². The zero-order valence-electron chi connectivity index (χ0n) is 16.1. The summed E-state index contributed by atoms with van der Waals surface area (Å²) in [5.41, 5.74) is 5.93. The molecule has 0 heterocycles. The van der Waals surface area contributed by atoms with Gasteiger partial charge in [0, 0.05) is 5.41 Å². The molecule has 124 valence electrons. The van der Waals surface area contributed by atoms with E-state index < -0.39 is 0 Å². The monoisotopic (exact) mass is 308 g/mol. The molecule has 0 radical (unpaired) electrons. The fraction of sp³-hybridized carbons (Fsp3) is 0.478. The zero-order chi connectivity index (χ0) is 17.5. The van der Waals surface area contributed by atoms with Gasteiger partial charge < -0.3 is 0 Å². The maximum absolute atomic E-state index is 2.38. The quantitative estimate of drug-likeness (QED) is 0.585. The van der Waals surface area contributed by atoms with Gasteiger partial charge in [-0.2, -0.15) is 0 Å². The van der Waals surface area contributed by atoms with E-state index in [1.165, 1.54) is 22.3 Å². The van der Waals surface area contributed by atoms with Crippen molar-refractivity contribution in [3.8, 4) is 0 Å². The Bertz CT molecular complexity index is 616. The van der Waals surface area contributed by atoms with Crippen LogP contribution < -0.4 is 0 Å². The average Bonchev–Trinajstić information content (AvgIpc) is 2.46. The minimum atomic E-state index is 0.00250. The summed E-state index contributed by atoms with van der Waals surface area (Å²) in [5, 5.41) is 0. The molecule has 0 saturated heterocycles. The van der Waals surface area contributed by atoms with Crippen LogP contribution in [0, 0.1) is 0 Å². The van der Waals surface area contributed by atoms with Crippen LogP contribution in [-0.2, 0) is 16.2 Å². The summed E-state index contributed by atoms with van der Waals surface area (Å²) >= 11 is 0. The molecule has 0 amide bonds. The lowest BCUT2D eigenvalue weighted by molar-refractivity contribution is 0.575. The van der Waals surface area contributed by atoms with Crippen LogP contribution in [-0.4, -0.2) is 0 Å². The summed E-state index contributed by atoms with van der Waals surface area (Å²) in [7, 11) is 0. The Labute approximate surface area is 143 Å². The minimum absolute atomic E-state index is 0.00250. The standard InChI is InChI=1S/C23H32/c1-21(2,3)17-11-9-13-19(15-17)23(7,8)20-14-10-12-18(16-20)22(4,5)6/h9-16H,1-8H3. The fourth-order valence-corrected chi connectivity index (χ4v) is 2.92. The molecule has 0 heteroatoms. The van der Waals surface area contributed by atoms with Gasteiger partial charge in [0.05, 0.1) is 0 Å². The topological polar surface area (TPSA) is 0 Å². The van der Waals surface area contributed by atoms with E-state index >= 15 is 0 Å². The Morgan fingerprint density at radius 3 is 1.09 bits per heavy atom.